The van der Waals surface area contributed by atoms with Gasteiger partial charge in [0.25, 0.3) is 0 Å². The van der Waals surface area contributed by atoms with Crippen LogP contribution in [-0.4, -0.2) is 9.97 Å². The number of aromatic nitrogens is 2. The molecule has 2 rings (SSSR count). The zero-order chi connectivity index (χ0) is 9.42. The van der Waals surface area contributed by atoms with Gasteiger partial charge in [0, 0.05) is 0 Å². The molecule has 1 aromatic rings. The van der Waals surface area contributed by atoms with Gasteiger partial charge in [-0.1, -0.05) is 15.9 Å². The van der Waals surface area contributed by atoms with Gasteiger partial charge in [0.2, 0.25) is 0 Å². The molecule has 1 aliphatic carbocycles. The number of nitrogens with zero attached hydrogens (tertiary/aromatic N) is 2. The molecule has 0 saturated heterocycles. The predicted octanol–water partition coefficient (Wildman–Crippen LogP) is 2.87. The van der Waals surface area contributed by atoms with Crippen LogP contribution in [-0.2, 0) is 6.42 Å². The zero-order valence-electron chi connectivity index (χ0n) is 7.97. The molecule has 3 heteroatoms. The number of hydrogen-bond donors (Lipinski definition) is 0. The fourth-order valence-electron chi connectivity index (χ4n) is 1.69. The Balaban J connectivity index is 2.52. The number of halogens is 1. The second kappa shape index (κ2) is 3.37. The maximum atomic E-state index is 4.58. The molecule has 0 radical (unpaired) electrons. The summed E-state index contributed by atoms with van der Waals surface area (Å²) in [6, 6.07) is 0. The summed E-state index contributed by atoms with van der Waals surface area (Å²) in [4.78, 5) is 9.58. The molecule has 13 heavy (non-hydrogen) atoms. The van der Waals surface area contributed by atoms with Gasteiger partial charge in [-0.15, -0.1) is 0 Å². The normalized spacial score (nSPS) is 21.3. The second-order valence-corrected chi connectivity index (χ2v) is 4.69. The first-order chi connectivity index (χ1) is 6.18. The Morgan fingerprint density at radius 1 is 1.23 bits per heavy atom. The van der Waals surface area contributed by atoms with Gasteiger partial charge in [-0.3, -0.25) is 9.97 Å². The highest BCUT2D eigenvalue weighted by molar-refractivity contribution is 9.09. The highest BCUT2D eigenvalue weighted by atomic mass is 79.9. The molecule has 1 heterocycles. The Kier molecular flexibility index (Phi) is 2.37. The molecule has 1 aromatic heterocycles. The maximum Gasteiger partial charge on any atom is 0.0758 e. The van der Waals surface area contributed by atoms with E-state index in [0.717, 1.165) is 23.5 Å². The van der Waals surface area contributed by atoms with E-state index < -0.39 is 0 Å². The molecule has 2 nitrogen and oxygen atoms in total. The van der Waals surface area contributed by atoms with E-state index in [9.17, 15) is 0 Å². The molecule has 0 amide bonds. The lowest BCUT2D eigenvalue weighted by Crippen LogP contribution is -2.12. The van der Waals surface area contributed by atoms with Crippen LogP contribution in [0.4, 0.5) is 0 Å². The van der Waals surface area contributed by atoms with Crippen LogP contribution < -0.4 is 0 Å². The van der Waals surface area contributed by atoms with Crippen LogP contribution in [0.25, 0.3) is 0 Å². The van der Waals surface area contributed by atoms with E-state index in [2.05, 4.69) is 25.9 Å². The van der Waals surface area contributed by atoms with Crippen molar-refractivity contribution >= 4 is 15.9 Å². The topological polar surface area (TPSA) is 25.8 Å². The van der Waals surface area contributed by atoms with Gasteiger partial charge in [-0.05, 0) is 33.1 Å². The van der Waals surface area contributed by atoms with Crippen molar-refractivity contribution in [3.8, 4) is 0 Å². The predicted molar refractivity (Wildman–Crippen MR) is 56.1 cm³/mol. The van der Waals surface area contributed by atoms with E-state index in [0.29, 0.717) is 4.83 Å². The maximum absolute atomic E-state index is 4.58. The number of rotatable bonds is 0. The highest BCUT2D eigenvalue weighted by Crippen LogP contribution is 2.33. The first-order valence-corrected chi connectivity index (χ1v) is 5.58. The molecule has 1 aliphatic rings. The number of alkyl halides is 1. The Morgan fingerprint density at radius 3 is 2.69 bits per heavy atom. The van der Waals surface area contributed by atoms with Gasteiger partial charge in [0.1, 0.15) is 0 Å². The van der Waals surface area contributed by atoms with Gasteiger partial charge in [-0.2, -0.15) is 0 Å². The number of aryl methyl sites for hydroxylation is 3. The van der Waals surface area contributed by atoms with Gasteiger partial charge < -0.3 is 0 Å². The summed E-state index contributed by atoms with van der Waals surface area (Å²) in [6.45, 7) is 4.05. The molecular weight excluding hydrogens is 228 g/mol. The summed E-state index contributed by atoms with van der Waals surface area (Å²) >= 11 is 3.64. The summed E-state index contributed by atoms with van der Waals surface area (Å²) in [5.74, 6) is 0. The SMILES string of the molecule is Cc1nc2c(nc1C)C(Br)CCC2. The van der Waals surface area contributed by atoms with E-state index in [1.165, 1.54) is 18.5 Å². The largest absolute Gasteiger partial charge is 0.254 e. The van der Waals surface area contributed by atoms with Crippen LogP contribution >= 0.6 is 15.9 Å². The second-order valence-electron chi connectivity index (χ2n) is 3.59. The summed E-state index contributed by atoms with van der Waals surface area (Å²) < 4.78 is 0. The molecule has 0 bridgehead atoms. The van der Waals surface area contributed by atoms with Crippen molar-refractivity contribution in [1.82, 2.24) is 9.97 Å². The Bertz CT molecular complexity index is 336. The van der Waals surface area contributed by atoms with E-state index in [-0.39, 0.29) is 0 Å². The number of hydrogen-bond acceptors (Lipinski definition) is 2. The molecular formula is C10H13BrN2. The molecule has 0 spiro atoms. The Hall–Kier alpha value is -0.440. The van der Waals surface area contributed by atoms with E-state index in [4.69, 9.17) is 0 Å². The van der Waals surface area contributed by atoms with Crippen molar-refractivity contribution < 1.29 is 0 Å². The van der Waals surface area contributed by atoms with Gasteiger partial charge in [-0.25, -0.2) is 0 Å². The quantitative estimate of drug-likeness (QED) is 0.652. The molecule has 0 fully saturated rings. The minimum absolute atomic E-state index is 0.419. The minimum atomic E-state index is 0.419. The van der Waals surface area contributed by atoms with Crippen molar-refractivity contribution in [1.29, 1.82) is 0 Å². The summed E-state index contributed by atoms with van der Waals surface area (Å²) in [5.41, 5.74) is 4.48. The Labute approximate surface area is 86.9 Å². The summed E-state index contributed by atoms with van der Waals surface area (Å²) in [6.07, 6.45) is 3.50. The molecule has 1 unspecified atom stereocenters. The molecule has 0 aromatic carbocycles. The fraction of sp³-hybridized carbons (Fsp3) is 0.600. The summed E-state index contributed by atoms with van der Waals surface area (Å²) in [5, 5.41) is 0. The lowest BCUT2D eigenvalue weighted by molar-refractivity contribution is 0.638. The fourth-order valence-corrected chi connectivity index (χ4v) is 2.38. The van der Waals surface area contributed by atoms with E-state index in [1.54, 1.807) is 0 Å². The van der Waals surface area contributed by atoms with Gasteiger partial charge >= 0.3 is 0 Å². The smallest absolute Gasteiger partial charge is 0.0758 e. The Morgan fingerprint density at radius 2 is 1.92 bits per heavy atom. The van der Waals surface area contributed by atoms with Crippen LogP contribution in [0, 0.1) is 13.8 Å². The van der Waals surface area contributed by atoms with Crippen molar-refractivity contribution in [3.63, 3.8) is 0 Å². The van der Waals surface area contributed by atoms with Gasteiger partial charge in [0.05, 0.1) is 27.6 Å². The minimum Gasteiger partial charge on any atom is -0.254 e. The first-order valence-electron chi connectivity index (χ1n) is 4.66. The molecule has 70 valence electrons. The zero-order valence-corrected chi connectivity index (χ0v) is 9.56. The third-order valence-corrected chi connectivity index (χ3v) is 3.47. The third-order valence-electron chi connectivity index (χ3n) is 2.58. The van der Waals surface area contributed by atoms with E-state index in [1.807, 2.05) is 13.8 Å². The third kappa shape index (κ3) is 1.62. The molecule has 1 atom stereocenters. The monoisotopic (exact) mass is 240 g/mol. The highest BCUT2D eigenvalue weighted by Gasteiger charge is 2.20. The number of fused-ring (bicyclic) bond motifs is 1. The van der Waals surface area contributed by atoms with Crippen LogP contribution in [0.2, 0.25) is 0 Å². The first kappa shape index (κ1) is 9.13. The van der Waals surface area contributed by atoms with Crippen molar-refractivity contribution in [2.45, 2.75) is 37.9 Å². The molecule has 0 aliphatic heterocycles. The van der Waals surface area contributed by atoms with Crippen molar-refractivity contribution in [2.24, 2.45) is 0 Å². The van der Waals surface area contributed by atoms with Crippen molar-refractivity contribution in [2.75, 3.05) is 0 Å². The van der Waals surface area contributed by atoms with Crippen LogP contribution in [0.3, 0.4) is 0 Å². The van der Waals surface area contributed by atoms with Crippen LogP contribution in [0.5, 0.6) is 0 Å². The average Bonchev–Trinajstić information content (AvgIpc) is 2.09. The van der Waals surface area contributed by atoms with Crippen LogP contribution in [0.15, 0.2) is 0 Å². The van der Waals surface area contributed by atoms with Gasteiger partial charge in [0.15, 0.2) is 0 Å². The lowest BCUT2D eigenvalue weighted by Gasteiger charge is -2.19. The molecule has 0 N–H and O–H groups in total. The van der Waals surface area contributed by atoms with Crippen molar-refractivity contribution in [3.05, 3.63) is 22.8 Å². The average molecular weight is 241 g/mol. The van der Waals surface area contributed by atoms with E-state index >= 15 is 0 Å². The van der Waals surface area contributed by atoms with Crippen LogP contribution in [0.1, 0.15) is 40.4 Å². The molecule has 0 saturated carbocycles. The lowest BCUT2D eigenvalue weighted by atomic mass is 10.00. The standard InChI is InChI=1S/C10H13BrN2/c1-6-7(2)13-10-8(11)4-3-5-9(10)12-6/h8H,3-5H2,1-2H3. The summed E-state index contributed by atoms with van der Waals surface area (Å²) in [7, 11) is 0.